The Morgan fingerprint density at radius 2 is 1.89 bits per heavy atom. The summed E-state index contributed by atoms with van der Waals surface area (Å²) >= 11 is 9.27. The molecule has 4 heteroatoms. The van der Waals surface area contributed by atoms with Gasteiger partial charge in [0.05, 0.1) is 11.9 Å². The van der Waals surface area contributed by atoms with E-state index in [0.717, 1.165) is 15.8 Å². The van der Waals surface area contributed by atoms with E-state index in [4.69, 9.17) is 4.74 Å². The molecule has 0 aliphatic carbocycles. The Hall–Kier alpha value is -0.320. The molecule has 0 amide bonds. The zero-order valence-electron chi connectivity index (χ0n) is 11.4. The van der Waals surface area contributed by atoms with E-state index in [0.29, 0.717) is 0 Å². The Labute approximate surface area is 135 Å². The molecular formula is C15H16Br2OS. The van der Waals surface area contributed by atoms with Crippen LogP contribution >= 0.6 is 43.2 Å². The number of methoxy groups -OCH3 is 1. The van der Waals surface area contributed by atoms with Gasteiger partial charge in [0, 0.05) is 19.8 Å². The van der Waals surface area contributed by atoms with Gasteiger partial charge in [-0.1, -0.05) is 31.9 Å². The van der Waals surface area contributed by atoms with E-state index >= 15 is 0 Å². The first-order valence-electron chi connectivity index (χ1n) is 5.99. The van der Waals surface area contributed by atoms with E-state index in [1.165, 1.54) is 20.9 Å². The van der Waals surface area contributed by atoms with Gasteiger partial charge in [-0.15, -0.1) is 11.3 Å². The molecule has 0 fully saturated rings. The molecule has 19 heavy (non-hydrogen) atoms. The van der Waals surface area contributed by atoms with E-state index in [2.05, 4.69) is 70.8 Å². The largest absolute Gasteiger partial charge is 0.496 e. The average Bonchev–Trinajstić information content (AvgIpc) is 2.79. The molecule has 2 rings (SSSR count). The van der Waals surface area contributed by atoms with Crippen molar-refractivity contribution in [2.45, 2.75) is 25.6 Å². The molecule has 0 aliphatic heterocycles. The minimum absolute atomic E-state index is 0.164. The van der Waals surface area contributed by atoms with Crippen LogP contribution in [-0.2, 0) is 0 Å². The molecule has 0 spiro atoms. The second-order valence-electron chi connectivity index (χ2n) is 4.56. The molecule has 1 aromatic heterocycles. The molecule has 2 aromatic rings. The summed E-state index contributed by atoms with van der Waals surface area (Å²) in [5.74, 6) is 0.966. The SMILES string of the molecule is COc1c(C)cc(Br)c(C)c1C(Br)c1ccc(C)s1. The molecule has 0 aliphatic rings. The highest BCUT2D eigenvalue weighted by Crippen LogP contribution is 2.44. The minimum atomic E-state index is 0.164. The molecule has 1 heterocycles. The summed E-state index contributed by atoms with van der Waals surface area (Å²) in [5, 5.41) is 0. The van der Waals surface area contributed by atoms with Gasteiger partial charge >= 0.3 is 0 Å². The number of alkyl halides is 1. The van der Waals surface area contributed by atoms with Crippen molar-refractivity contribution in [3.63, 3.8) is 0 Å². The Bertz CT molecular complexity index is 604. The van der Waals surface area contributed by atoms with Crippen molar-refractivity contribution in [2.24, 2.45) is 0 Å². The molecular weight excluding hydrogens is 388 g/mol. The third-order valence-electron chi connectivity index (χ3n) is 3.18. The van der Waals surface area contributed by atoms with E-state index < -0.39 is 0 Å². The summed E-state index contributed by atoms with van der Waals surface area (Å²) in [6, 6.07) is 6.44. The van der Waals surface area contributed by atoms with Crippen LogP contribution < -0.4 is 4.74 Å². The number of hydrogen-bond acceptors (Lipinski definition) is 2. The Morgan fingerprint density at radius 1 is 1.21 bits per heavy atom. The fourth-order valence-electron chi connectivity index (χ4n) is 2.18. The second-order valence-corrected chi connectivity index (χ2v) is 7.65. The van der Waals surface area contributed by atoms with Crippen molar-refractivity contribution in [2.75, 3.05) is 7.11 Å². The van der Waals surface area contributed by atoms with Crippen LogP contribution in [0.4, 0.5) is 0 Å². The van der Waals surface area contributed by atoms with Gasteiger partial charge in [0.1, 0.15) is 5.75 Å². The first-order valence-corrected chi connectivity index (χ1v) is 8.52. The number of aryl methyl sites for hydroxylation is 2. The quantitative estimate of drug-likeness (QED) is 0.577. The molecule has 1 unspecified atom stereocenters. The minimum Gasteiger partial charge on any atom is -0.496 e. The lowest BCUT2D eigenvalue weighted by Gasteiger charge is -2.19. The third-order valence-corrected chi connectivity index (χ3v) is 6.32. The smallest absolute Gasteiger partial charge is 0.126 e. The number of rotatable bonds is 3. The molecule has 0 bridgehead atoms. The molecule has 1 atom stereocenters. The zero-order valence-corrected chi connectivity index (χ0v) is 15.4. The molecule has 1 nitrogen and oxygen atoms in total. The van der Waals surface area contributed by atoms with Crippen molar-refractivity contribution in [3.05, 3.63) is 49.1 Å². The normalized spacial score (nSPS) is 12.5. The number of thiophene rings is 1. The first kappa shape index (κ1) is 15.1. The van der Waals surface area contributed by atoms with Crippen molar-refractivity contribution >= 4 is 43.2 Å². The second kappa shape index (κ2) is 5.98. The van der Waals surface area contributed by atoms with Gasteiger partial charge in [-0.2, -0.15) is 0 Å². The van der Waals surface area contributed by atoms with Crippen molar-refractivity contribution in [3.8, 4) is 5.75 Å². The van der Waals surface area contributed by atoms with Crippen LogP contribution in [0.3, 0.4) is 0 Å². The van der Waals surface area contributed by atoms with Gasteiger partial charge in [-0.3, -0.25) is 0 Å². The molecule has 0 N–H and O–H groups in total. The molecule has 0 saturated heterocycles. The van der Waals surface area contributed by atoms with E-state index in [-0.39, 0.29) is 4.83 Å². The van der Waals surface area contributed by atoms with Gasteiger partial charge in [0.15, 0.2) is 0 Å². The fourth-order valence-corrected chi connectivity index (χ4v) is 4.59. The highest BCUT2D eigenvalue weighted by Gasteiger charge is 2.22. The Balaban J connectivity index is 2.60. The molecule has 0 radical (unpaired) electrons. The molecule has 102 valence electrons. The number of benzene rings is 1. The summed E-state index contributed by atoms with van der Waals surface area (Å²) in [7, 11) is 1.73. The highest BCUT2D eigenvalue weighted by atomic mass is 79.9. The maximum atomic E-state index is 5.62. The number of halogens is 2. The summed E-state index contributed by atoms with van der Waals surface area (Å²) in [5.41, 5.74) is 3.57. The lowest BCUT2D eigenvalue weighted by atomic mass is 10.00. The average molecular weight is 404 g/mol. The fraction of sp³-hybridized carbons (Fsp3) is 0.333. The van der Waals surface area contributed by atoms with Crippen LogP contribution in [0.2, 0.25) is 0 Å². The van der Waals surface area contributed by atoms with E-state index in [1.807, 2.05) is 11.3 Å². The summed E-state index contributed by atoms with van der Waals surface area (Å²) in [4.78, 5) is 2.79. The topological polar surface area (TPSA) is 9.23 Å². The van der Waals surface area contributed by atoms with Crippen LogP contribution in [-0.4, -0.2) is 7.11 Å². The summed E-state index contributed by atoms with van der Waals surface area (Å²) in [6.07, 6.45) is 0. The number of hydrogen-bond donors (Lipinski definition) is 0. The van der Waals surface area contributed by atoms with Crippen LogP contribution in [0.15, 0.2) is 22.7 Å². The van der Waals surface area contributed by atoms with Gasteiger partial charge in [-0.25, -0.2) is 0 Å². The van der Waals surface area contributed by atoms with Crippen LogP contribution in [0.25, 0.3) is 0 Å². The standard InChI is InChI=1S/C15H16Br2OS/c1-8-7-11(16)10(3)13(15(8)18-4)14(17)12-6-5-9(2)19-12/h5-7,14H,1-4H3. The predicted molar refractivity (Wildman–Crippen MR) is 90.0 cm³/mol. The monoisotopic (exact) mass is 402 g/mol. The van der Waals surface area contributed by atoms with Gasteiger partial charge in [0.25, 0.3) is 0 Å². The van der Waals surface area contributed by atoms with E-state index in [1.54, 1.807) is 7.11 Å². The zero-order chi connectivity index (χ0) is 14.2. The van der Waals surface area contributed by atoms with Crippen molar-refractivity contribution in [1.29, 1.82) is 0 Å². The molecule has 0 saturated carbocycles. The Morgan fingerprint density at radius 3 is 2.42 bits per heavy atom. The Kier molecular flexibility index (Phi) is 4.75. The highest BCUT2D eigenvalue weighted by molar-refractivity contribution is 9.10. The van der Waals surface area contributed by atoms with Crippen LogP contribution in [0.5, 0.6) is 5.75 Å². The van der Waals surface area contributed by atoms with E-state index in [9.17, 15) is 0 Å². The van der Waals surface area contributed by atoms with Gasteiger partial charge < -0.3 is 4.74 Å². The first-order chi connectivity index (χ1) is 8.95. The lowest BCUT2D eigenvalue weighted by molar-refractivity contribution is 0.407. The summed E-state index contributed by atoms with van der Waals surface area (Å²) < 4.78 is 6.74. The maximum Gasteiger partial charge on any atom is 0.126 e. The lowest BCUT2D eigenvalue weighted by Crippen LogP contribution is -2.01. The molecule has 1 aromatic carbocycles. The maximum absolute atomic E-state index is 5.62. The van der Waals surface area contributed by atoms with Gasteiger partial charge in [-0.05, 0) is 50.1 Å². The van der Waals surface area contributed by atoms with Gasteiger partial charge in [0.2, 0.25) is 0 Å². The third kappa shape index (κ3) is 2.91. The number of ether oxygens (including phenoxy) is 1. The summed E-state index contributed by atoms with van der Waals surface area (Å²) in [6.45, 7) is 6.33. The predicted octanol–water partition coefficient (Wildman–Crippen LogP) is 5.93. The van der Waals surface area contributed by atoms with Crippen LogP contribution in [0, 0.1) is 20.8 Å². The van der Waals surface area contributed by atoms with Crippen LogP contribution in [0.1, 0.15) is 31.3 Å². The van der Waals surface area contributed by atoms with Crippen molar-refractivity contribution < 1.29 is 4.74 Å². The van der Waals surface area contributed by atoms with Crippen molar-refractivity contribution in [1.82, 2.24) is 0 Å².